The van der Waals surface area contributed by atoms with E-state index in [-0.39, 0.29) is 12.5 Å². The Labute approximate surface area is 109 Å². The second kappa shape index (κ2) is 5.17. The Morgan fingerprint density at radius 2 is 2.32 bits per heavy atom. The van der Waals surface area contributed by atoms with Crippen LogP contribution in [-0.4, -0.2) is 50.3 Å². The van der Waals surface area contributed by atoms with Crippen LogP contribution in [0.15, 0.2) is 12.4 Å². The van der Waals surface area contributed by atoms with E-state index >= 15 is 0 Å². The number of nitrogens with one attached hydrogen (secondary N) is 1. The fourth-order valence-electron chi connectivity index (χ4n) is 2.14. The van der Waals surface area contributed by atoms with Crippen molar-refractivity contribution in [2.75, 3.05) is 18.4 Å². The number of carbonyl (C=O) groups excluding carboxylic acids is 1. The number of nitrogens with zero attached hydrogens (tertiary/aromatic N) is 4. The first-order valence-electron chi connectivity index (χ1n) is 6.00. The largest absolute Gasteiger partial charge is 0.481 e. The molecule has 8 nitrogen and oxygen atoms in total. The lowest BCUT2D eigenvalue weighted by atomic mass is 9.84. The van der Waals surface area contributed by atoms with E-state index in [1.54, 1.807) is 0 Å². The maximum Gasteiger partial charge on any atom is 0.324 e. The molecule has 2 rings (SSSR count). The second-order valence-electron chi connectivity index (χ2n) is 4.51. The van der Waals surface area contributed by atoms with Gasteiger partial charge in [-0.3, -0.25) is 10.1 Å². The van der Waals surface area contributed by atoms with Crippen LogP contribution >= 0.6 is 0 Å². The number of carbonyl (C=O) groups is 2. The molecule has 1 atom stereocenters. The van der Waals surface area contributed by atoms with Crippen LogP contribution < -0.4 is 5.32 Å². The Hall–Kier alpha value is -2.25. The maximum atomic E-state index is 12.0. The molecular formula is C11H15N5O3. The first-order chi connectivity index (χ1) is 9.07. The fourth-order valence-corrected chi connectivity index (χ4v) is 2.14. The van der Waals surface area contributed by atoms with Crippen LogP contribution in [0.3, 0.4) is 0 Å². The van der Waals surface area contributed by atoms with Crippen molar-refractivity contribution >= 4 is 17.9 Å². The number of carboxylic acids is 1. The number of urea groups is 1. The Morgan fingerprint density at radius 3 is 2.84 bits per heavy atom. The number of rotatable bonds is 3. The summed E-state index contributed by atoms with van der Waals surface area (Å²) in [4.78, 5) is 28.5. The molecule has 19 heavy (non-hydrogen) atoms. The summed E-state index contributed by atoms with van der Waals surface area (Å²) >= 11 is 0. The van der Waals surface area contributed by atoms with Gasteiger partial charge >= 0.3 is 12.0 Å². The van der Waals surface area contributed by atoms with Gasteiger partial charge in [0, 0.05) is 13.1 Å². The van der Waals surface area contributed by atoms with Crippen LogP contribution in [0.25, 0.3) is 0 Å². The van der Waals surface area contributed by atoms with Crippen molar-refractivity contribution in [3.8, 4) is 0 Å². The molecule has 1 aliphatic heterocycles. The minimum absolute atomic E-state index is 0.108. The van der Waals surface area contributed by atoms with Crippen LogP contribution in [0.5, 0.6) is 0 Å². The Kier molecular flexibility index (Phi) is 3.59. The van der Waals surface area contributed by atoms with Gasteiger partial charge in [0.1, 0.15) is 0 Å². The van der Waals surface area contributed by atoms with Gasteiger partial charge in [-0.2, -0.15) is 5.10 Å². The Morgan fingerprint density at radius 1 is 1.53 bits per heavy atom. The predicted octanol–water partition coefficient (Wildman–Crippen LogP) is 0.590. The van der Waals surface area contributed by atoms with E-state index in [2.05, 4.69) is 20.5 Å². The molecule has 2 N–H and O–H groups in total. The fraction of sp³-hybridized carbons (Fsp3) is 0.545. The van der Waals surface area contributed by atoms with Gasteiger partial charge in [-0.15, -0.1) is 5.10 Å². The molecule has 1 fully saturated rings. The van der Waals surface area contributed by atoms with Gasteiger partial charge in [0.05, 0.1) is 17.8 Å². The van der Waals surface area contributed by atoms with Crippen molar-refractivity contribution in [3.63, 3.8) is 0 Å². The monoisotopic (exact) mass is 265 g/mol. The zero-order chi connectivity index (χ0) is 13.9. The van der Waals surface area contributed by atoms with E-state index in [1.807, 2.05) is 6.92 Å². The molecule has 1 saturated heterocycles. The second-order valence-corrected chi connectivity index (χ2v) is 4.51. The number of hydrogen-bond acceptors (Lipinski definition) is 5. The Balaban J connectivity index is 2.01. The summed E-state index contributed by atoms with van der Waals surface area (Å²) in [5.41, 5.74) is -0.840. The summed E-state index contributed by atoms with van der Waals surface area (Å²) in [6.45, 7) is 2.43. The van der Waals surface area contributed by atoms with Crippen molar-refractivity contribution in [1.29, 1.82) is 0 Å². The van der Waals surface area contributed by atoms with Crippen LogP contribution in [0.4, 0.5) is 10.7 Å². The summed E-state index contributed by atoms with van der Waals surface area (Å²) in [6, 6.07) is -0.399. The number of anilines is 1. The number of aliphatic carboxylic acids is 1. The van der Waals surface area contributed by atoms with Crippen molar-refractivity contribution < 1.29 is 14.7 Å². The third-order valence-electron chi connectivity index (χ3n) is 3.47. The van der Waals surface area contributed by atoms with Gasteiger partial charge in [-0.05, 0) is 12.8 Å². The summed E-state index contributed by atoms with van der Waals surface area (Å²) in [5.74, 6) is -0.750. The smallest absolute Gasteiger partial charge is 0.324 e. The molecule has 8 heteroatoms. The third kappa shape index (κ3) is 2.61. The molecule has 2 amide bonds. The number of amides is 2. The highest BCUT2D eigenvalue weighted by Gasteiger charge is 2.44. The van der Waals surface area contributed by atoms with Crippen LogP contribution in [0.1, 0.15) is 19.8 Å². The van der Waals surface area contributed by atoms with Gasteiger partial charge in [0.25, 0.3) is 5.95 Å². The lowest BCUT2D eigenvalue weighted by Gasteiger charge is -2.22. The summed E-state index contributed by atoms with van der Waals surface area (Å²) in [5, 5.41) is 19.0. The molecule has 2 heterocycles. The Bertz CT molecular complexity index is 480. The molecule has 102 valence electrons. The molecule has 0 aliphatic carbocycles. The highest BCUT2D eigenvalue weighted by Crippen LogP contribution is 2.34. The van der Waals surface area contributed by atoms with Crippen molar-refractivity contribution in [2.45, 2.75) is 19.8 Å². The third-order valence-corrected chi connectivity index (χ3v) is 3.47. The molecule has 0 spiro atoms. The van der Waals surface area contributed by atoms with E-state index < -0.39 is 17.4 Å². The minimum atomic E-state index is -0.858. The highest BCUT2D eigenvalue weighted by atomic mass is 16.4. The first-order valence-corrected chi connectivity index (χ1v) is 6.00. The topological polar surface area (TPSA) is 108 Å². The van der Waals surface area contributed by atoms with Gasteiger partial charge in [0.15, 0.2) is 0 Å². The van der Waals surface area contributed by atoms with Gasteiger partial charge < -0.3 is 10.0 Å². The number of carboxylic acid groups (broad SMARTS) is 1. The molecule has 0 aromatic carbocycles. The molecule has 0 radical (unpaired) electrons. The molecule has 0 saturated carbocycles. The van der Waals surface area contributed by atoms with Gasteiger partial charge in [-0.1, -0.05) is 6.92 Å². The van der Waals surface area contributed by atoms with E-state index in [0.717, 1.165) is 0 Å². The van der Waals surface area contributed by atoms with E-state index in [4.69, 9.17) is 0 Å². The maximum absolute atomic E-state index is 12.0. The average molecular weight is 265 g/mol. The molecule has 1 aliphatic rings. The highest BCUT2D eigenvalue weighted by molar-refractivity contribution is 5.88. The molecular weight excluding hydrogens is 250 g/mol. The standard InChI is InChI=1S/C11H15N5O3/c1-2-11(8(17)18)3-6-16(7-11)10(19)14-9-12-4-5-13-15-9/h4-5H,2-3,6-7H2,1H3,(H,17,18)(H,12,14,15,19). The number of likely N-dealkylation sites (tertiary alicyclic amines) is 1. The quantitative estimate of drug-likeness (QED) is 0.828. The number of aromatic nitrogens is 3. The van der Waals surface area contributed by atoms with Crippen LogP contribution in [0, 0.1) is 5.41 Å². The zero-order valence-electron chi connectivity index (χ0n) is 10.5. The summed E-state index contributed by atoms with van der Waals surface area (Å²) in [6.07, 6.45) is 3.77. The minimum Gasteiger partial charge on any atom is -0.481 e. The van der Waals surface area contributed by atoms with Crippen molar-refractivity contribution in [1.82, 2.24) is 20.1 Å². The van der Waals surface area contributed by atoms with Gasteiger partial charge in [-0.25, -0.2) is 9.78 Å². The lowest BCUT2D eigenvalue weighted by molar-refractivity contribution is -0.148. The average Bonchev–Trinajstić information content (AvgIpc) is 2.86. The van der Waals surface area contributed by atoms with Crippen LogP contribution in [-0.2, 0) is 4.79 Å². The van der Waals surface area contributed by atoms with E-state index in [9.17, 15) is 14.7 Å². The number of hydrogen-bond donors (Lipinski definition) is 2. The summed E-state index contributed by atoms with van der Waals surface area (Å²) in [7, 11) is 0. The van der Waals surface area contributed by atoms with Crippen LogP contribution in [0.2, 0.25) is 0 Å². The van der Waals surface area contributed by atoms with E-state index in [0.29, 0.717) is 19.4 Å². The zero-order valence-corrected chi connectivity index (χ0v) is 10.5. The molecule has 0 bridgehead atoms. The molecule has 1 unspecified atom stereocenters. The summed E-state index contributed by atoms with van der Waals surface area (Å²) < 4.78 is 0. The van der Waals surface area contributed by atoms with E-state index in [1.165, 1.54) is 17.3 Å². The first kappa shape index (κ1) is 13.2. The molecule has 1 aromatic rings. The molecule has 1 aromatic heterocycles. The SMILES string of the molecule is CCC1(C(=O)O)CCN(C(=O)Nc2nccnn2)C1. The normalized spacial score (nSPS) is 22.3. The van der Waals surface area contributed by atoms with Crippen molar-refractivity contribution in [3.05, 3.63) is 12.4 Å². The van der Waals surface area contributed by atoms with Crippen molar-refractivity contribution in [2.24, 2.45) is 5.41 Å². The van der Waals surface area contributed by atoms with Gasteiger partial charge in [0.2, 0.25) is 0 Å². The lowest BCUT2D eigenvalue weighted by Crippen LogP contribution is -2.38. The predicted molar refractivity (Wildman–Crippen MR) is 65.4 cm³/mol.